The van der Waals surface area contributed by atoms with Crippen LogP contribution in [0.5, 0.6) is 11.5 Å². The van der Waals surface area contributed by atoms with Crippen LogP contribution in [0.15, 0.2) is 77.9 Å². The standard InChI is InChI=1S/C24H23N3O4/c1-30-21-12-11-19(22(15-21)31-2)16-25-27-24(29)18-9-6-10-20(14-18)26-23(28)13-17-7-4-3-5-8-17/h3-12,14-16H,13H2,1-2H3,(H,26,28)(H,27,29)/b25-16+. The highest BCUT2D eigenvalue weighted by molar-refractivity contribution is 5.98. The minimum absolute atomic E-state index is 0.159. The Morgan fingerprint density at radius 1 is 0.935 bits per heavy atom. The molecule has 0 unspecified atom stereocenters. The average molecular weight is 417 g/mol. The molecule has 7 heteroatoms. The zero-order chi connectivity index (χ0) is 22.1. The number of hydrazone groups is 1. The van der Waals surface area contributed by atoms with E-state index in [9.17, 15) is 9.59 Å². The van der Waals surface area contributed by atoms with E-state index in [0.717, 1.165) is 5.56 Å². The molecule has 0 aliphatic rings. The molecule has 0 atom stereocenters. The molecule has 0 bridgehead atoms. The summed E-state index contributed by atoms with van der Waals surface area (Å²) in [6.07, 6.45) is 1.74. The molecule has 0 aliphatic carbocycles. The molecular formula is C24H23N3O4. The fourth-order valence-corrected chi connectivity index (χ4v) is 2.87. The number of anilines is 1. The van der Waals surface area contributed by atoms with Gasteiger partial charge in [0.1, 0.15) is 11.5 Å². The van der Waals surface area contributed by atoms with E-state index in [-0.39, 0.29) is 12.3 Å². The molecule has 0 fully saturated rings. The molecule has 0 aromatic heterocycles. The molecule has 2 N–H and O–H groups in total. The molecule has 3 aromatic carbocycles. The number of rotatable bonds is 8. The van der Waals surface area contributed by atoms with Crippen LogP contribution < -0.4 is 20.2 Å². The topological polar surface area (TPSA) is 89.0 Å². The fourth-order valence-electron chi connectivity index (χ4n) is 2.87. The average Bonchev–Trinajstić information content (AvgIpc) is 2.79. The predicted octanol–water partition coefficient (Wildman–Crippen LogP) is 3.65. The monoisotopic (exact) mass is 417 g/mol. The lowest BCUT2D eigenvalue weighted by molar-refractivity contribution is -0.115. The number of carbonyl (C=O) groups is 2. The maximum Gasteiger partial charge on any atom is 0.271 e. The van der Waals surface area contributed by atoms with Crippen molar-refractivity contribution in [3.05, 3.63) is 89.5 Å². The number of methoxy groups -OCH3 is 2. The maximum atomic E-state index is 12.4. The van der Waals surface area contributed by atoms with Gasteiger partial charge in [-0.15, -0.1) is 0 Å². The lowest BCUT2D eigenvalue weighted by Gasteiger charge is -2.08. The number of ether oxygens (including phenoxy) is 2. The van der Waals surface area contributed by atoms with Gasteiger partial charge < -0.3 is 14.8 Å². The van der Waals surface area contributed by atoms with Crippen LogP contribution in [0.2, 0.25) is 0 Å². The Morgan fingerprint density at radius 2 is 1.74 bits per heavy atom. The molecule has 158 valence electrons. The van der Waals surface area contributed by atoms with Crippen molar-refractivity contribution < 1.29 is 19.1 Å². The van der Waals surface area contributed by atoms with Gasteiger partial charge in [-0.2, -0.15) is 5.10 Å². The second kappa shape index (κ2) is 10.6. The molecule has 3 rings (SSSR count). The van der Waals surface area contributed by atoms with Crippen LogP contribution in [0.1, 0.15) is 21.5 Å². The highest BCUT2D eigenvalue weighted by Gasteiger charge is 2.08. The Labute approximate surface area is 180 Å². The zero-order valence-electron chi connectivity index (χ0n) is 17.3. The Hall–Kier alpha value is -4.13. The number of benzene rings is 3. The minimum atomic E-state index is -0.400. The van der Waals surface area contributed by atoms with E-state index in [2.05, 4.69) is 15.8 Å². The van der Waals surface area contributed by atoms with Gasteiger partial charge in [0.05, 0.1) is 26.9 Å². The summed E-state index contributed by atoms with van der Waals surface area (Å²) in [6, 6.07) is 21.4. The van der Waals surface area contributed by atoms with Crippen molar-refractivity contribution in [2.75, 3.05) is 19.5 Å². The van der Waals surface area contributed by atoms with Crippen LogP contribution in [0.25, 0.3) is 0 Å². The number of hydrogen-bond acceptors (Lipinski definition) is 5. The van der Waals surface area contributed by atoms with E-state index in [4.69, 9.17) is 9.47 Å². The van der Waals surface area contributed by atoms with E-state index in [1.165, 1.54) is 6.21 Å². The maximum absolute atomic E-state index is 12.4. The zero-order valence-corrected chi connectivity index (χ0v) is 17.3. The van der Waals surface area contributed by atoms with Gasteiger partial charge in [-0.05, 0) is 35.9 Å². The van der Waals surface area contributed by atoms with Gasteiger partial charge in [-0.1, -0.05) is 36.4 Å². The Morgan fingerprint density at radius 3 is 2.48 bits per heavy atom. The summed E-state index contributed by atoms with van der Waals surface area (Å²) in [7, 11) is 3.11. The first-order valence-corrected chi connectivity index (χ1v) is 9.58. The van der Waals surface area contributed by atoms with Crippen LogP contribution in [-0.2, 0) is 11.2 Å². The highest BCUT2D eigenvalue weighted by atomic mass is 16.5. The third-order valence-corrected chi connectivity index (χ3v) is 4.43. The van der Waals surface area contributed by atoms with Gasteiger partial charge in [0.15, 0.2) is 0 Å². The van der Waals surface area contributed by atoms with Crippen molar-refractivity contribution >= 4 is 23.7 Å². The number of nitrogens with one attached hydrogen (secondary N) is 2. The molecule has 3 aromatic rings. The second-order valence-corrected chi connectivity index (χ2v) is 6.60. The summed E-state index contributed by atoms with van der Waals surface area (Å²) in [5.41, 5.74) is 4.99. The van der Waals surface area contributed by atoms with Crippen LogP contribution in [0, 0.1) is 0 Å². The van der Waals surface area contributed by atoms with Gasteiger partial charge in [0.25, 0.3) is 5.91 Å². The van der Waals surface area contributed by atoms with Crippen molar-refractivity contribution in [2.45, 2.75) is 6.42 Å². The van der Waals surface area contributed by atoms with Crippen LogP contribution in [0.3, 0.4) is 0 Å². The SMILES string of the molecule is COc1ccc(/C=N/NC(=O)c2cccc(NC(=O)Cc3ccccc3)c2)c(OC)c1. The molecule has 0 saturated heterocycles. The van der Waals surface area contributed by atoms with E-state index in [1.54, 1.807) is 56.7 Å². The summed E-state index contributed by atoms with van der Waals surface area (Å²) in [5.74, 6) is 0.668. The molecule has 31 heavy (non-hydrogen) atoms. The van der Waals surface area contributed by atoms with Crippen molar-refractivity contribution in [3.8, 4) is 11.5 Å². The quantitative estimate of drug-likeness (QED) is 0.433. The number of amides is 2. The van der Waals surface area contributed by atoms with Gasteiger partial charge in [-0.25, -0.2) is 5.43 Å². The first-order valence-electron chi connectivity index (χ1n) is 9.58. The third-order valence-electron chi connectivity index (χ3n) is 4.43. The normalized spacial score (nSPS) is 10.5. The minimum Gasteiger partial charge on any atom is -0.497 e. The largest absolute Gasteiger partial charge is 0.497 e. The first-order chi connectivity index (χ1) is 15.1. The number of nitrogens with zero attached hydrogens (tertiary/aromatic N) is 1. The molecule has 7 nitrogen and oxygen atoms in total. The summed E-state index contributed by atoms with van der Waals surface area (Å²) in [6.45, 7) is 0. The van der Waals surface area contributed by atoms with E-state index >= 15 is 0 Å². The van der Waals surface area contributed by atoms with E-state index in [0.29, 0.717) is 28.3 Å². The first kappa shape index (κ1) is 21.6. The lowest BCUT2D eigenvalue weighted by Crippen LogP contribution is -2.19. The summed E-state index contributed by atoms with van der Waals surface area (Å²) < 4.78 is 10.5. The van der Waals surface area contributed by atoms with Crippen molar-refractivity contribution in [1.29, 1.82) is 0 Å². The van der Waals surface area contributed by atoms with Gasteiger partial charge in [0, 0.05) is 22.9 Å². The molecule has 0 radical (unpaired) electrons. The fraction of sp³-hybridized carbons (Fsp3) is 0.125. The molecular weight excluding hydrogens is 394 g/mol. The van der Waals surface area contributed by atoms with Crippen molar-refractivity contribution in [2.24, 2.45) is 5.10 Å². The van der Waals surface area contributed by atoms with Gasteiger partial charge in [0.2, 0.25) is 5.91 Å². The molecule has 0 spiro atoms. The lowest BCUT2D eigenvalue weighted by atomic mass is 10.1. The smallest absolute Gasteiger partial charge is 0.271 e. The second-order valence-electron chi connectivity index (χ2n) is 6.60. The Kier molecular flexibility index (Phi) is 7.37. The Balaban J connectivity index is 1.61. The number of hydrogen-bond donors (Lipinski definition) is 2. The summed E-state index contributed by atoms with van der Waals surface area (Å²) in [4.78, 5) is 24.7. The van der Waals surface area contributed by atoms with Gasteiger partial charge in [-0.3, -0.25) is 9.59 Å². The van der Waals surface area contributed by atoms with Crippen LogP contribution in [-0.4, -0.2) is 32.2 Å². The van der Waals surface area contributed by atoms with Crippen molar-refractivity contribution in [1.82, 2.24) is 5.43 Å². The summed E-state index contributed by atoms with van der Waals surface area (Å²) >= 11 is 0. The van der Waals surface area contributed by atoms with E-state index < -0.39 is 5.91 Å². The summed E-state index contributed by atoms with van der Waals surface area (Å²) in [5, 5.41) is 6.80. The third kappa shape index (κ3) is 6.17. The molecule has 2 amide bonds. The van der Waals surface area contributed by atoms with E-state index in [1.807, 2.05) is 30.3 Å². The molecule has 0 saturated carbocycles. The Bertz CT molecular complexity index is 1080. The van der Waals surface area contributed by atoms with Crippen LogP contribution >= 0.6 is 0 Å². The highest BCUT2D eigenvalue weighted by Crippen LogP contribution is 2.23. The van der Waals surface area contributed by atoms with Crippen LogP contribution in [0.4, 0.5) is 5.69 Å². The van der Waals surface area contributed by atoms with Gasteiger partial charge >= 0.3 is 0 Å². The van der Waals surface area contributed by atoms with Crippen molar-refractivity contribution in [3.63, 3.8) is 0 Å². The predicted molar refractivity (Wildman–Crippen MR) is 120 cm³/mol. The molecule has 0 heterocycles. The number of carbonyl (C=O) groups excluding carboxylic acids is 2. The molecule has 0 aliphatic heterocycles.